The molecule has 0 fully saturated rings. The van der Waals surface area contributed by atoms with E-state index in [2.05, 4.69) is 18.2 Å². The molecule has 0 saturated carbocycles. The molecule has 0 aliphatic heterocycles. The van der Waals surface area contributed by atoms with Crippen LogP contribution < -0.4 is 0 Å². The fourth-order valence-electron chi connectivity index (χ4n) is 5.01. The van der Waals surface area contributed by atoms with Crippen molar-refractivity contribution in [2.75, 3.05) is 0 Å². The van der Waals surface area contributed by atoms with Crippen molar-refractivity contribution in [1.82, 2.24) is 19.9 Å². The molecule has 5 aromatic carbocycles. The van der Waals surface area contributed by atoms with Gasteiger partial charge in [0.05, 0.1) is 39.7 Å². The van der Waals surface area contributed by atoms with Crippen molar-refractivity contribution in [1.29, 1.82) is 5.26 Å². The lowest BCUT2D eigenvalue weighted by atomic mass is 9.99. The summed E-state index contributed by atoms with van der Waals surface area (Å²) in [5.41, 5.74) is 10.0. The summed E-state index contributed by atoms with van der Waals surface area (Å²) < 4.78 is 0. The SMILES string of the molecule is N#Cc1cccc(-c2ccc(-c3nc4ccccc4nc3-c3cc(-c4ccccc4)nc(-c4ccccc4)n3)cc2)c1. The van der Waals surface area contributed by atoms with Crippen LogP contribution in [0.1, 0.15) is 5.56 Å². The van der Waals surface area contributed by atoms with Crippen molar-refractivity contribution in [2.45, 2.75) is 0 Å². The van der Waals surface area contributed by atoms with Gasteiger partial charge in [-0.15, -0.1) is 0 Å². The van der Waals surface area contributed by atoms with Gasteiger partial charge in [0.2, 0.25) is 0 Å². The molecule has 0 atom stereocenters. The molecule has 0 saturated heterocycles. The first-order chi connectivity index (χ1) is 20.7. The molecule has 0 N–H and O–H groups in total. The third kappa shape index (κ3) is 4.90. The highest BCUT2D eigenvalue weighted by atomic mass is 14.9. The van der Waals surface area contributed by atoms with Crippen LogP contribution in [0, 0.1) is 11.3 Å². The third-order valence-electron chi connectivity index (χ3n) is 7.12. The van der Waals surface area contributed by atoms with Gasteiger partial charge in [-0.2, -0.15) is 5.26 Å². The van der Waals surface area contributed by atoms with Crippen molar-refractivity contribution in [3.8, 4) is 62.5 Å². The van der Waals surface area contributed by atoms with Crippen LogP contribution in [0.25, 0.3) is 67.5 Å². The van der Waals surface area contributed by atoms with E-state index in [9.17, 15) is 5.26 Å². The zero-order valence-electron chi connectivity index (χ0n) is 22.5. The molecule has 5 nitrogen and oxygen atoms in total. The molecule has 0 bridgehead atoms. The van der Waals surface area contributed by atoms with Crippen LogP contribution in [0.5, 0.6) is 0 Å². The first-order valence-electron chi connectivity index (χ1n) is 13.6. The van der Waals surface area contributed by atoms with Gasteiger partial charge in [0.25, 0.3) is 0 Å². The fraction of sp³-hybridized carbons (Fsp3) is 0. The third-order valence-corrected chi connectivity index (χ3v) is 7.12. The predicted molar refractivity (Wildman–Crippen MR) is 167 cm³/mol. The Kier molecular flexibility index (Phi) is 6.48. The van der Waals surface area contributed by atoms with Gasteiger partial charge in [-0.3, -0.25) is 0 Å². The van der Waals surface area contributed by atoms with Gasteiger partial charge in [0.1, 0.15) is 5.69 Å². The Bertz CT molecular complexity index is 2020. The van der Waals surface area contributed by atoms with Gasteiger partial charge in [0.15, 0.2) is 5.82 Å². The number of benzene rings is 5. The lowest BCUT2D eigenvalue weighted by Gasteiger charge is -2.13. The zero-order valence-corrected chi connectivity index (χ0v) is 22.5. The Morgan fingerprint density at radius 1 is 0.405 bits per heavy atom. The quantitative estimate of drug-likeness (QED) is 0.220. The Hall–Kier alpha value is -5.99. The molecule has 7 rings (SSSR count). The lowest BCUT2D eigenvalue weighted by molar-refractivity contribution is 1.16. The maximum absolute atomic E-state index is 9.34. The highest BCUT2D eigenvalue weighted by Crippen LogP contribution is 2.34. The lowest BCUT2D eigenvalue weighted by Crippen LogP contribution is -2.00. The number of nitriles is 1. The molecule has 0 aliphatic rings. The molecule has 0 radical (unpaired) electrons. The Balaban J connectivity index is 1.42. The average molecular weight is 538 g/mol. The first-order valence-corrected chi connectivity index (χ1v) is 13.6. The highest BCUT2D eigenvalue weighted by molar-refractivity contribution is 5.87. The number of fused-ring (bicyclic) bond motifs is 1. The molecule has 196 valence electrons. The Labute approximate surface area is 243 Å². The van der Waals surface area contributed by atoms with Crippen molar-refractivity contribution in [2.24, 2.45) is 0 Å². The summed E-state index contributed by atoms with van der Waals surface area (Å²) >= 11 is 0. The second-order valence-corrected chi connectivity index (χ2v) is 9.87. The maximum atomic E-state index is 9.34. The van der Waals surface area contributed by atoms with E-state index in [1.54, 1.807) is 0 Å². The number of nitrogens with zero attached hydrogens (tertiary/aromatic N) is 5. The van der Waals surface area contributed by atoms with Gasteiger partial charge in [-0.25, -0.2) is 19.9 Å². The van der Waals surface area contributed by atoms with Crippen LogP contribution in [0.15, 0.2) is 140 Å². The number of aromatic nitrogens is 4. The normalized spacial score (nSPS) is 10.8. The molecule has 0 spiro atoms. The molecule has 0 unspecified atom stereocenters. The van der Waals surface area contributed by atoms with Crippen LogP contribution in [-0.4, -0.2) is 19.9 Å². The van der Waals surface area contributed by atoms with Crippen LogP contribution >= 0.6 is 0 Å². The summed E-state index contributed by atoms with van der Waals surface area (Å²) in [7, 11) is 0. The van der Waals surface area contributed by atoms with Crippen LogP contribution in [-0.2, 0) is 0 Å². The van der Waals surface area contributed by atoms with Crippen LogP contribution in [0.3, 0.4) is 0 Å². The molecular formula is C37H23N5. The molecule has 42 heavy (non-hydrogen) atoms. The summed E-state index contributed by atoms with van der Waals surface area (Å²) in [6.45, 7) is 0. The number of para-hydroxylation sites is 2. The van der Waals surface area contributed by atoms with E-state index in [-0.39, 0.29) is 0 Å². The smallest absolute Gasteiger partial charge is 0.160 e. The van der Waals surface area contributed by atoms with Crippen molar-refractivity contribution in [3.63, 3.8) is 0 Å². The summed E-state index contributed by atoms with van der Waals surface area (Å²) in [6, 6.07) is 48.0. The molecule has 2 aromatic heterocycles. The monoisotopic (exact) mass is 537 g/mol. The minimum atomic E-state index is 0.626. The summed E-state index contributed by atoms with van der Waals surface area (Å²) in [5, 5.41) is 9.34. The molecule has 0 aliphatic carbocycles. The average Bonchev–Trinajstić information content (AvgIpc) is 3.08. The van der Waals surface area contributed by atoms with E-state index >= 15 is 0 Å². The minimum Gasteiger partial charge on any atom is -0.244 e. The summed E-state index contributed by atoms with van der Waals surface area (Å²) in [6.07, 6.45) is 0. The summed E-state index contributed by atoms with van der Waals surface area (Å²) in [4.78, 5) is 20.2. The molecule has 2 heterocycles. The van der Waals surface area contributed by atoms with E-state index in [0.717, 1.165) is 50.2 Å². The topological polar surface area (TPSA) is 75.3 Å². The maximum Gasteiger partial charge on any atom is 0.160 e. The number of hydrogen-bond acceptors (Lipinski definition) is 5. The highest BCUT2D eigenvalue weighted by Gasteiger charge is 2.18. The molecular weight excluding hydrogens is 514 g/mol. The van der Waals surface area contributed by atoms with E-state index < -0.39 is 0 Å². The number of rotatable bonds is 5. The van der Waals surface area contributed by atoms with E-state index in [1.807, 2.05) is 127 Å². The van der Waals surface area contributed by atoms with E-state index in [4.69, 9.17) is 19.9 Å². The second-order valence-electron chi connectivity index (χ2n) is 9.87. The first kappa shape index (κ1) is 25.0. The van der Waals surface area contributed by atoms with Crippen LogP contribution in [0.4, 0.5) is 0 Å². The number of hydrogen-bond donors (Lipinski definition) is 0. The molecule has 0 amide bonds. The van der Waals surface area contributed by atoms with Crippen molar-refractivity contribution < 1.29 is 0 Å². The minimum absolute atomic E-state index is 0.626. The van der Waals surface area contributed by atoms with Gasteiger partial charge in [-0.1, -0.05) is 109 Å². The van der Waals surface area contributed by atoms with Gasteiger partial charge < -0.3 is 0 Å². The van der Waals surface area contributed by atoms with Crippen molar-refractivity contribution in [3.05, 3.63) is 145 Å². The van der Waals surface area contributed by atoms with E-state index in [1.165, 1.54) is 0 Å². The summed E-state index contributed by atoms with van der Waals surface area (Å²) in [5.74, 6) is 0.626. The molecule has 5 heteroatoms. The van der Waals surface area contributed by atoms with Gasteiger partial charge >= 0.3 is 0 Å². The molecule has 7 aromatic rings. The van der Waals surface area contributed by atoms with Crippen molar-refractivity contribution >= 4 is 11.0 Å². The Morgan fingerprint density at radius 3 is 1.67 bits per heavy atom. The van der Waals surface area contributed by atoms with Gasteiger partial charge in [-0.05, 0) is 41.5 Å². The predicted octanol–water partition coefficient (Wildman–Crippen LogP) is 8.63. The standard InChI is InChI=1S/C37H23N5/c38-24-25-10-9-15-30(22-25)26-18-20-28(21-19-26)35-36(40-32-17-8-7-16-31(32)39-35)34-23-33(27-11-3-1-4-12-27)41-37(42-34)29-13-5-2-6-14-29/h1-23H. The van der Waals surface area contributed by atoms with Gasteiger partial charge in [0, 0.05) is 16.7 Å². The van der Waals surface area contributed by atoms with E-state index in [0.29, 0.717) is 22.8 Å². The Morgan fingerprint density at radius 2 is 0.976 bits per heavy atom. The second kappa shape index (κ2) is 10.9. The largest absolute Gasteiger partial charge is 0.244 e. The zero-order chi connectivity index (χ0) is 28.3. The fourth-order valence-corrected chi connectivity index (χ4v) is 5.01. The van der Waals surface area contributed by atoms with Crippen LogP contribution in [0.2, 0.25) is 0 Å².